The van der Waals surface area contributed by atoms with Crippen LogP contribution in [0.1, 0.15) is 26.3 Å². The molecule has 0 heterocycles. The van der Waals surface area contributed by atoms with Crippen molar-refractivity contribution in [2.45, 2.75) is 31.1 Å². The van der Waals surface area contributed by atoms with Gasteiger partial charge in [0.05, 0.1) is 0 Å². The highest BCUT2D eigenvalue weighted by Gasteiger charge is 2.12. The third-order valence-corrected chi connectivity index (χ3v) is 3.61. The molecule has 0 radical (unpaired) electrons. The van der Waals surface area contributed by atoms with E-state index >= 15 is 0 Å². The fourth-order valence-electron chi connectivity index (χ4n) is 1.11. The van der Waals surface area contributed by atoms with E-state index in [0.29, 0.717) is 0 Å². The Morgan fingerprint density at radius 3 is 1.92 bits per heavy atom. The standard InChI is InChI=1S/C11H16S2/c1-11(2,3)9-5-7-10(8-6-9)13-12-4/h5-8H,1-4H3. The maximum Gasteiger partial charge on any atom is 0.0182 e. The first-order chi connectivity index (χ1) is 6.04. The van der Waals surface area contributed by atoms with Crippen LogP contribution in [-0.4, -0.2) is 6.26 Å². The Hall–Kier alpha value is -0.0800. The minimum Gasteiger partial charge on any atom is -0.0924 e. The molecule has 0 aliphatic heterocycles. The highest BCUT2D eigenvalue weighted by Crippen LogP contribution is 2.30. The first-order valence-electron chi connectivity index (χ1n) is 4.35. The molecule has 0 atom stereocenters. The molecular formula is C11H16S2. The zero-order chi connectivity index (χ0) is 9.90. The van der Waals surface area contributed by atoms with Gasteiger partial charge in [-0.2, -0.15) is 0 Å². The molecular weight excluding hydrogens is 196 g/mol. The molecule has 72 valence electrons. The zero-order valence-corrected chi connectivity index (χ0v) is 10.3. The first kappa shape index (κ1) is 11.0. The Morgan fingerprint density at radius 1 is 1.00 bits per heavy atom. The van der Waals surface area contributed by atoms with Crippen molar-refractivity contribution in [2.24, 2.45) is 0 Å². The normalized spacial score (nSPS) is 11.7. The predicted molar refractivity (Wildman–Crippen MR) is 64.5 cm³/mol. The minimum absolute atomic E-state index is 0.266. The molecule has 2 heteroatoms. The fourth-order valence-corrected chi connectivity index (χ4v) is 2.46. The van der Waals surface area contributed by atoms with E-state index in [2.05, 4.69) is 51.3 Å². The van der Waals surface area contributed by atoms with E-state index in [9.17, 15) is 0 Å². The molecule has 0 amide bonds. The molecule has 1 aromatic rings. The van der Waals surface area contributed by atoms with Crippen LogP contribution >= 0.6 is 21.6 Å². The number of hydrogen-bond acceptors (Lipinski definition) is 2. The van der Waals surface area contributed by atoms with Gasteiger partial charge in [-0.25, -0.2) is 0 Å². The van der Waals surface area contributed by atoms with E-state index in [1.807, 2.05) is 10.8 Å². The quantitative estimate of drug-likeness (QED) is 0.668. The Morgan fingerprint density at radius 2 is 1.54 bits per heavy atom. The van der Waals surface area contributed by atoms with Crippen molar-refractivity contribution in [1.82, 2.24) is 0 Å². The van der Waals surface area contributed by atoms with Crippen molar-refractivity contribution >= 4 is 21.6 Å². The molecule has 1 rings (SSSR count). The van der Waals surface area contributed by atoms with Gasteiger partial charge in [0.2, 0.25) is 0 Å². The first-order valence-corrected chi connectivity index (χ1v) is 6.91. The van der Waals surface area contributed by atoms with Crippen LogP contribution in [-0.2, 0) is 5.41 Å². The van der Waals surface area contributed by atoms with E-state index < -0.39 is 0 Å². The summed E-state index contributed by atoms with van der Waals surface area (Å²) in [7, 11) is 3.60. The summed E-state index contributed by atoms with van der Waals surface area (Å²) in [6, 6.07) is 8.83. The molecule has 1 aromatic carbocycles. The van der Waals surface area contributed by atoms with Gasteiger partial charge in [0.25, 0.3) is 0 Å². The van der Waals surface area contributed by atoms with Gasteiger partial charge in [-0.3, -0.25) is 0 Å². The van der Waals surface area contributed by atoms with E-state index in [1.54, 1.807) is 10.8 Å². The van der Waals surface area contributed by atoms with E-state index in [1.165, 1.54) is 10.5 Å². The van der Waals surface area contributed by atoms with Gasteiger partial charge in [0, 0.05) is 4.90 Å². The molecule has 0 nitrogen and oxygen atoms in total. The van der Waals surface area contributed by atoms with Crippen molar-refractivity contribution in [2.75, 3.05) is 6.26 Å². The molecule has 0 N–H and O–H groups in total. The van der Waals surface area contributed by atoms with Crippen LogP contribution in [0.2, 0.25) is 0 Å². The molecule has 0 bridgehead atoms. The van der Waals surface area contributed by atoms with E-state index in [-0.39, 0.29) is 5.41 Å². The lowest BCUT2D eigenvalue weighted by molar-refractivity contribution is 0.590. The van der Waals surface area contributed by atoms with Gasteiger partial charge in [-0.15, -0.1) is 0 Å². The summed E-state index contributed by atoms with van der Waals surface area (Å²) in [6.45, 7) is 6.72. The van der Waals surface area contributed by atoms with E-state index in [0.717, 1.165) is 0 Å². The lowest BCUT2D eigenvalue weighted by Gasteiger charge is -2.18. The summed E-state index contributed by atoms with van der Waals surface area (Å²) < 4.78 is 0. The minimum atomic E-state index is 0.266. The van der Waals surface area contributed by atoms with Crippen LogP contribution in [0.15, 0.2) is 29.2 Å². The van der Waals surface area contributed by atoms with Crippen molar-refractivity contribution in [3.8, 4) is 0 Å². The average molecular weight is 212 g/mol. The predicted octanol–water partition coefficient (Wildman–Crippen LogP) is 4.35. The third kappa shape index (κ3) is 3.28. The maximum atomic E-state index is 2.24. The smallest absolute Gasteiger partial charge is 0.0182 e. The summed E-state index contributed by atoms with van der Waals surface area (Å²) in [5.41, 5.74) is 1.67. The summed E-state index contributed by atoms with van der Waals surface area (Å²) >= 11 is 0. The molecule has 13 heavy (non-hydrogen) atoms. The van der Waals surface area contributed by atoms with Crippen molar-refractivity contribution in [3.63, 3.8) is 0 Å². The van der Waals surface area contributed by atoms with Crippen molar-refractivity contribution < 1.29 is 0 Å². The number of benzene rings is 1. The van der Waals surface area contributed by atoms with Gasteiger partial charge in [-0.05, 0) is 29.4 Å². The molecule has 0 unspecified atom stereocenters. The summed E-state index contributed by atoms with van der Waals surface area (Å²) in [5, 5.41) is 0. The highest BCUT2D eigenvalue weighted by molar-refractivity contribution is 8.76. The van der Waals surface area contributed by atoms with Crippen molar-refractivity contribution in [3.05, 3.63) is 29.8 Å². The third-order valence-electron chi connectivity index (χ3n) is 1.90. The monoisotopic (exact) mass is 212 g/mol. The number of hydrogen-bond donors (Lipinski definition) is 0. The Balaban J connectivity index is 2.81. The lowest BCUT2D eigenvalue weighted by atomic mass is 9.87. The van der Waals surface area contributed by atoms with Crippen molar-refractivity contribution in [1.29, 1.82) is 0 Å². The zero-order valence-electron chi connectivity index (χ0n) is 8.63. The number of rotatable bonds is 2. The molecule has 0 saturated heterocycles. The Kier molecular flexibility index (Phi) is 3.74. The second kappa shape index (κ2) is 4.43. The van der Waals surface area contributed by atoms with Crippen LogP contribution in [0.3, 0.4) is 0 Å². The molecule has 0 saturated carbocycles. The largest absolute Gasteiger partial charge is 0.0924 e. The summed E-state index contributed by atoms with van der Waals surface area (Å²) in [5.74, 6) is 0. The fraction of sp³-hybridized carbons (Fsp3) is 0.455. The van der Waals surface area contributed by atoms with Gasteiger partial charge in [-0.1, -0.05) is 54.5 Å². The van der Waals surface area contributed by atoms with Crippen LogP contribution in [0.25, 0.3) is 0 Å². The summed E-state index contributed by atoms with van der Waals surface area (Å²) in [4.78, 5) is 1.33. The lowest BCUT2D eigenvalue weighted by Crippen LogP contribution is -2.10. The van der Waals surface area contributed by atoms with Crippen LogP contribution in [0, 0.1) is 0 Å². The maximum absolute atomic E-state index is 2.24. The summed E-state index contributed by atoms with van der Waals surface area (Å²) in [6.07, 6.45) is 2.10. The molecule has 0 spiro atoms. The van der Waals surface area contributed by atoms with E-state index in [4.69, 9.17) is 0 Å². The van der Waals surface area contributed by atoms with Crippen LogP contribution < -0.4 is 0 Å². The SMILES string of the molecule is CSSc1ccc(C(C)(C)C)cc1. The molecule has 0 aromatic heterocycles. The second-order valence-corrected chi connectivity index (χ2v) is 6.50. The average Bonchev–Trinajstić information content (AvgIpc) is 2.04. The van der Waals surface area contributed by atoms with Gasteiger partial charge in [0.15, 0.2) is 0 Å². The van der Waals surface area contributed by atoms with Gasteiger partial charge < -0.3 is 0 Å². The Labute approximate surface area is 88.9 Å². The molecule has 0 fully saturated rings. The molecule has 0 aliphatic rings. The Bertz CT molecular complexity index is 256. The highest BCUT2D eigenvalue weighted by atomic mass is 33.1. The van der Waals surface area contributed by atoms with Crippen LogP contribution in [0.4, 0.5) is 0 Å². The second-order valence-electron chi connectivity index (χ2n) is 4.02. The molecule has 0 aliphatic carbocycles. The topological polar surface area (TPSA) is 0 Å². The van der Waals surface area contributed by atoms with Crippen LogP contribution in [0.5, 0.6) is 0 Å². The van der Waals surface area contributed by atoms with Gasteiger partial charge >= 0.3 is 0 Å². The van der Waals surface area contributed by atoms with Gasteiger partial charge in [0.1, 0.15) is 0 Å².